The second kappa shape index (κ2) is 12.2. The maximum Gasteiger partial charge on any atom is 0.260 e. The molecule has 0 N–H and O–H groups in total. The van der Waals surface area contributed by atoms with Gasteiger partial charge >= 0.3 is 0 Å². The Kier molecular flexibility index (Phi) is 8.90. The smallest absolute Gasteiger partial charge is 0.260 e. The standard InChI is InChI=1S/C28H35ClN4O4S2/c1-20-5-3-13-32(19-20)39(35,36)23-9-7-22(8-10-23)27(34)33(14-4-12-31-15-17-37-18-16-31)28-30-25-21(2)6-11-24(29)26(25)38-28/h6-11,20H,3-5,12-19H2,1-2H3. The van der Waals surface area contributed by atoms with Gasteiger partial charge in [0.05, 0.1) is 33.3 Å². The van der Waals surface area contributed by atoms with E-state index in [2.05, 4.69) is 11.8 Å². The van der Waals surface area contributed by atoms with Crippen molar-refractivity contribution in [3.8, 4) is 0 Å². The van der Waals surface area contributed by atoms with Crippen LogP contribution in [-0.2, 0) is 14.8 Å². The largest absolute Gasteiger partial charge is 0.379 e. The number of ether oxygens (including phenoxy) is 1. The monoisotopic (exact) mass is 590 g/mol. The Balaban J connectivity index is 1.39. The number of benzene rings is 2. The van der Waals surface area contributed by atoms with Crippen LogP contribution in [0, 0.1) is 12.8 Å². The van der Waals surface area contributed by atoms with Crippen LogP contribution in [-0.4, -0.2) is 81.0 Å². The minimum Gasteiger partial charge on any atom is -0.379 e. The molecule has 39 heavy (non-hydrogen) atoms. The maximum atomic E-state index is 13.8. The lowest BCUT2D eigenvalue weighted by molar-refractivity contribution is 0.0376. The molecule has 0 bridgehead atoms. The SMILES string of the molecule is Cc1ccc(Cl)c2sc(N(CCCN3CCOCC3)C(=O)c3ccc(S(=O)(=O)N4CCCC(C)C4)cc3)nc12. The molecule has 3 aromatic rings. The Hall–Kier alpha value is -2.08. The van der Waals surface area contributed by atoms with Crippen molar-refractivity contribution in [3.05, 3.63) is 52.5 Å². The summed E-state index contributed by atoms with van der Waals surface area (Å²) in [6, 6.07) is 10.1. The number of hydrogen-bond donors (Lipinski definition) is 0. The van der Waals surface area contributed by atoms with Gasteiger partial charge < -0.3 is 4.74 Å². The number of fused-ring (bicyclic) bond motifs is 1. The van der Waals surface area contributed by atoms with Crippen molar-refractivity contribution in [2.45, 2.75) is 38.0 Å². The maximum absolute atomic E-state index is 13.8. The predicted octanol–water partition coefficient (Wildman–Crippen LogP) is 5.05. The summed E-state index contributed by atoms with van der Waals surface area (Å²) >= 11 is 7.88. The summed E-state index contributed by atoms with van der Waals surface area (Å²) in [5.41, 5.74) is 2.22. The molecule has 1 aromatic heterocycles. The van der Waals surface area contributed by atoms with Crippen LogP contribution < -0.4 is 4.90 Å². The van der Waals surface area contributed by atoms with Gasteiger partial charge in [-0.05, 0) is 68.0 Å². The molecule has 0 radical (unpaired) electrons. The average molecular weight is 591 g/mol. The van der Waals surface area contributed by atoms with Crippen molar-refractivity contribution in [2.75, 3.05) is 57.4 Å². The van der Waals surface area contributed by atoms with E-state index in [4.69, 9.17) is 21.3 Å². The van der Waals surface area contributed by atoms with E-state index >= 15 is 0 Å². The van der Waals surface area contributed by atoms with Gasteiger partial charge in [0.1, 0.15) is 0 Å². The zero-order valence-corrected chi connectivity index (χ0v) is 24.8. The van der Waals surface area contributed by atoms with Crippen LogP contribution >= 0.6 is 22.9 Å². The number of thiazole rings is 1. The highest BCUT2D eigenvalue weighted by molar-refractivity contribution is 7.89. The van der Waals surface area contributed by atoms with Crippen molar-refractivity contribution >= 4 is 54.2 Å². The van der Waals surface area contributed by atoms with Crippen LogP contribution in [0.2, 0.25) is 5.02 Å². The third-order valence-corrected chi connectivity index (χ3v) is 10.9. The van der Waals surface area contributed by atoms with E-state index in [0.29, 0.717) is 41.3 Å². The van der Waals surface area contributed by atoms with E-state index in [1.54, 1.807) is 33.5 Å². The highest BCUT2D eigenvalue weighted by Gasteiger charge is 2.29. The van der Waals surface area contributed by atoms with Crippen LogP contribution in [0.25, 0.3) is 10.2 Å². The lowest BCUT2D eigenvalue weighted by Crippen LogP contribution is -2.39. The number of halogens is 1. The number of aryl methyl sites for hydroxylation is 1. The van der Waals surface area contributed by atoms with Crippen LogP contribution in [0.15, 0.2) is 41.3 Å². The lowest BCUT2D eigenvalue weighted by atomic mass is 10.0. The summed E-state index contributed by atoms with van der Waals surface area (Å²) in [5, 5.41) is 1.20. The van der Waals surface area contributed by atoms with Crippen LogP contribution in [0.5, 0.6) is 0 Å². The van der Waals surface area contributed by atoms with Crippen molar-refractivity contribution in [1.29, 1.82) is 0 Å². The summed E-state index contributed by atoms with van der Waals surface area (Å²) in [6.45, 7) is 9.67. The molecule has 1 atom stereocenters. The second-order valence-electron chi connectivity index (χ2n) is 10.4. The first-order valence-corrected chi connectivity index (χ1v) is 16.2. The highest BCUT2D eigenvalue weighted by atomic mass is 35.5. The number of carbonyl (C=O) groups is 1. The number of piperidine rings is 1. The van der Waals surface area contributed by atoms with Crippen LogP contribution in [0.1, 0.15) is 42.1 Å². The number of anilines is 1. The summed E-state index contributed by atoms with van der Waals surface area (Å²) < 4.78 is 34.3. The fourth-order valence-corrected chi connectivity index (χ4v) is 8.15. The number of morpholine rings is 1. The van der Waals surface area contributed by atoms with E-state index in [-0.39, 0.29) is 10.8 Å². The minimum absolute atomic E-state index is 0.208. The molecule has 1 amide bonds. The number of aromatic nitrogens is 1. The van der Waals surface area contributed by atoms with E-state index in [1.807, 2.05) is 19.1 Å². The molecule has 210 valence electrons. The number of sulfonamides is 1. The molecule has 2 aromatic carbocycles. The molecule has 0 spiro atoms. The number of amides is 1. The number of carbonyl (C=O) groups excluding carboxylic acids is 1. The molecule has 2 fully saturated rings. The summed E-state index contributed by atoms with van der Waals surface area (Å²) in [4.78, 5) is 22.9. The Bertz CT molecular complexity index is 1380. The lowest BCUT2D eigenvalue weighted by Gasteiger charge is -2.30. The van der Waals surface area contributed by atoms with Gasteiger partial charge in [0.25, 0.3) is 5.91 Å². The third-order valence-electron chi connectivity index (χ3n) is 7.48. The Morgan fingerprint density at radius 2 is 1.90 bits per heavy atom. The zero-order chi connectivity index (χ0) is 27.6. The van der Waals surface area contributed by atoms with Crippen LogP contribution in [0.4, 0.5) is 5.13 Å². The topological polar surface area (TPSA) is 83.0 Å². The predicted molar refractivity (Wildman–Crippen MR) is 157 cm³/mol. The van der Waals surface area contributed by atoms with Crippen LogP contribution in [0.3, 0.4) is 0 Å². The van der Waals surface area contributed by atoms with Gasteiger partial charge in [-0.2, -0.15) is 4.31 Å². The Morgan fingerprint density at radius 1 is 1.15 bits per heavy atom. The number of rotatable bonds is 8. The molecule has 2 saturated heterocycles. The number of hydrogen-bond acceptors (Lipinski definition) is 7. The molecule has 1 unspecified atom stereocenters. The van der Waals surface area contributed by atoms with Crippen molar-refractivity contribution in [2.24, 2.45) is 5.92 Å². The molecule has 11 heteroatoms. The second-order valence-corrected chi connectivity index (χ2v) is 13.8. The fourth-order valence-electron chi connectivity index (χ4n) is 5.21. The average Bonchev–Trinajstić information content (AvgIpc) is 3.40. The first kappa shape index (κ1) is 28.4. The molecule has 0 saturated carbocycles. The quantitative estimate of drug-likeness (QED) is 0.365. The van der Waals surface area contributed by atoms with Crippen molar-refractivity contribution in [1.82, 2.24) is 14.2 Å². The zero-order valence-electron chi connectivity index (χ0n) is 22.4. The Morgan fingerprint density at radius 3 is 2.59 bits per heavy atom. The van der Waals surface area contributed by atoms with Gasteiger partial charge in [0, 0.05) is 44.8 Å². The van der Waals surface area contributed by atoms with E-state index in [0.717, 1.165) is 67.9 Å². The van der Waals surface area contributed by atoms with E-state index in [9.17, 15) is 13.2 Å². The normalized spacial score (nSPS) is 19.4. The van der Waals surface area contributed by atoms with Gasteiger partial charge in [0.15, 0.2) is 5.13 Å². The first-order valence-electron chi connectivity index (χ1n) is 13.5. The summed E-state index contributed by atoms with van der Waals surface area (Å²) in [6.07, 6.45) is 2.67. The number of nitrogens with zero attached hydrogens (tertiary/aromatic N) is 4. The minimum atomic E-state index is -3.60. The molecule has 2 aliphatic rings. The fraction of sp³-hybridized carbons (Fsp3) is 0.500. The van der Waals surface area contributed by atoms with Crippen molar-refractivity contribution < 1.29 is 17.9 Å². The van der Waals surface area contributed by atoms with Gasteiger partial charge in [-0.25, -0.2) is 13.4 Å². The third kappa shape index (κ3) is 6.31. The molecule has 2 aliphatic heterocycles. The highest BCUT2D eigenvalue weighted by Crippen LogP contribution is 2.36. The summed E-state index contributed by atoms with van der Waals surface area (Å²) in [7, 11) is -3.60. The van der Waals surface area contributed by atoms with Gasteiger partial charge in [-0.3, -0.25) is 14.6 Å². The summed E-state index contributed by atoms with van der Waals surface area (Å²) in [5.74, 6) is 0.131. The molecule has 0 aliphatic carbocycles. The van der Waals surface area contributed by atoms with E-state index < -0.39 is 10.0 Å². The molecule has 8 nitrogen and oxygen atoms in total. The van der Waals surface area contributed by atoms with Gasteiger partial charge in [-0.1, -0.05) is 35.9 Å². The molecule has 3 heterocycles. The molecule has 5 rings (SSSR count). The van der Waals surface area contributed by atoms with Gasteiger partial charge in [-0.15, -0.1) is 0 Å². The Labute approximate surface area is 239 Å². The molecular weight excluding hydrogens is 556 g/mol. The van der Waals surface area contributed by atoms with Gasteiger partial charge in [0.2, 0.25) is 10.0 Å². The first-order chi connectivity index (χ1) is 18.7. The van der Waals surface area contributed by atoms with E-state index in [1.165, 1.54) is 11.3 Å². The van der Waals surface area contributed by atoms with Crippen molar-refractivity contribution in [3.63, 3.8) is 0 Å². The molecular formula is C28H35ClN4O4S2.